The van der Waals surface area contributed by atoms with Gasteiger partial charge in [-0.15, -0.1) is 0 Å². The van der Waals surface area contributed by atoms with Crippen LogP contribution in [-0.2, 0) is 4.79 Å². The molecule has 0 aromatic carbocycles. The van der Waals surface area contributed by atoms with Gasteiger partial charge in [0.25, 0.3) is 0 Å². The van der Waals surface area contributed by atoms with E-state index in [1.54, 1.807) is 6.92 Å². The predicted octanol–water partition coefficient (Wildman–Crippen LogP) is 1.83. The zero-order valence-electron chi connectivity index (χ0n) is 9.24. The molecule has 0 saturated heterocycles. The smallest absolute Gasteiger partial charge is 0.308 e. The molecule has 0 spiro atoms. The molecule has 1 unspecified atom stereocenters. The van der Waals surface area contributed by atoms with Gasteiger partial charge in [-0.1, -0.05) is 6.92 Å². The van der Waals surface area contributed by atoms with E-state index < -0.39 is 11.9 Å². The Bertz CT molecular complexity index is 343. The number of aryl methyl sites for hydroxylation is 2. The lowest BCUT2D eigenvalue weighted by atomic mass is 10.2. The van der Waals surface area contributed by atoms with Gasteiger partial charge in [-0.25, -0.2) is 0 Å². The number of anilines is 1. The molecule has 0 fully saturated rings. The fraction of sp³-hybridized carbons (Fsp3) is 0.455. The second-order valence-corrected chi connectivity index (χ2v) is 3.76. The Morgan fingerprint density at radius 3 is 2.47 bits per heavy atom. The first-order valence-electron chi connectivity index (χ1n) is 4.91. The van der Waals surface area contributed by atoms with Crippen LogP contribution in [0, 0.1) is 19.8 Å². The largest absolute Gasteiger partial charge is 0.481 e. The quantitative estimate of drug-likeness (QED) is 0.792. The van der Waals surface area contributed by atoms with Crippen molar-refractivity contribution >= 4 is 11.7 Å². The molecule has 1 rings (SSSR count). The molecule has 0 saturated carbocycles. The molecule has 15 heavy (non-hydrogen) atoms. The first kappa shape index (κ1) is 11.5. The Balaban J connectivity index is 2.61. The van der Waals surface area contributed by atoms with E-state index in [0.29, 0.717) is 6.54 Å². The van der Waals surface area contributed by atoms with Crippen molar-refractivity contribution in [2.45, 2.75) is 20.8 Å². The molecule has 82 valence electrons. The maximum Gasteiger partial charge on any atom is 0.308 e. The van der Waals surface area contributed by atoms with Gasteiger partial charge in [0.2, 0.25) is 0 Å². The third-order valence-electron chi connectivity index (χ3n) is 2.12. The van der Waals surface area contributed by atoms with Crippen molar-refractivity contribution in [3.05, 3.63) is 23.5 Å². The summed E-state index contributed by atoms with van der Waals surface area (Å²) in [6.07, 6.45) is 0. The highest BCUT2D eigenvalue weighted by Gasteiger charge is 2.09. The highest BCUT2D eigenvalue weighted by atomic mass is 16.4. The van der Waals surface area contributed by atoms with Crippen LogP contribution in [0.1, 0.15) is 18.3 Å². The molecule has 1 heterocycles. The molecule has 0 radical (unpaired) electrons. The number of aliphatic carboxylic acids is 1. The Labute approximate surface area is 89.3 Å². The highest BCUT2D eigenvalue weighted by molar-refractivity contribution is 5.70. The van der Waals surface area contributed by atoms with Crippen LogP contribution < -0.4 is 5.32 Å². The van der Waals surface area contributed by atoms with E-state index in [1.807, 2.05) is 26.0 Å². The molecule has 2 N–H and O–H groups in total. The van der Waals surface area contributed by atoms with Gasteiger partial charge in [-0.05, 0) is 26.0 Å². The van der Waals surface area contributed by atoms with Gasteiger partial charge in [0.05, 0.1) is 5.92 Å². The van der Waals surface area contributed by atoms with E-state index in [1.165, 1.54) is 0 Å². The topological polar surface area (TPSA) is 62.2 Å². The molecule has 4 nitrogen and oxygen atoms in total. The Hall–Kier alpha value is -1.58. The normalized spacial score (nSPS) is 12.2. The van der Waals surface area contributed by atoms with E-state index in [2.05, 4.69) is 10.3 Å². The molecule has 0 bridgehead atoms. The minimum absolute atomic E-state index is 0.390. The number of hydrogen-bond acceptors (Lipinski definition) is 3. The molecule has 4 heteroatoms. The third kappa shape index (κ3) is 3.58. The van der Waals surface area contributed by atoms with Gasteiger partial charge in [-0.2, -0.15) is 0 Å². The standard InChI is InChI=1S/C11H16N2O2/c1-7(11(14)15)6-12-10-4-8(2)13-9(3)5-10/h4-5,7H,6H2,1-3H3,(H,12,13)(H,14,15). The van der Waals surface area contributed by atoms with Crippen molar-refractivity contribution in [3.8, 4) is 0 Å². The number of hydrogen-bond donors (Lipinski definition) is 2. The van der Waals surface area contributed by atoms with Gasteiger partial charge >= 0.3 is 5.97 Å². The van der Waals surface area contributed by atoms with E-state index >= 15 is 0 Å². The van der Waals surface area contributed by atoms with Crippen molar-refractivity contribution in [1.82, 2.24) is 4.98 Å². The number of carboxylic acids is 1. The van der Waals surface area contributed by atoms with Crippen molar-refractivity contribution in [1.29, 1.82) is 0 Å². The van der Waals surface area contributed by atoms with Crippen molar-refractivity contribution in [2.24, 2.45) is 5.92 Å². The van der Waals surface area contributed by atoms with Crippen molar-refractivity contribution in [2.75, 3.05) is 11.9 Å². The maximum absolute atomic E-state index is 10.6. The van der Waals surface area contributed by atoms with Gasteiger partial charge in [-0.3, -0.25) is 9.78 Å². The number of nitrogens with zero attached hydrogens (tertiary/aromatic N) is 1. The van der Waals surface area contributed by atoms with Crippen LogP contribution in [0.5, 0.6) is 0 Å². The predicted molar refractivity (Wildman–Crippen MR) is 59.0 cm³/mol. The average molecular weight is 208 g/mol. The monoisotopic (exact) mass is 208 g/mol. The lowest BCUT2D eigenvalue weighted by molar-refractivity contribution is -0.140. The summed E-state index contributed by atoms with van der Waals surface area (Å²) >= 11 is 0. The summed E-state index contributed by atoms with van der Waals surface area (Å²) in [4.78, 5) is 14.8. The molecule has 0 aliphatic heterocycles. The van der Waals surface area contributed by atoms with E-state index in [-0.39, 0.29) is 0 Å². The third-order valence-corrected chi connectivity index (χ3v) is 2.12. The number of carbonyl (C=O) groups is 1. The van der Waals surface area contributed by atoms with E-state index in [4.69, 9.17) is 5.11 Å². The zero-order valence-corrected chi connectivity index (χ0v) is 9.24. The Morgan fingerprint density at radius 2 is 2.00 bits per heavy atom. The molecule has 0 amide bonds. The van der Waals surface area contributed by atoms with Crippen LogP contribution in [0.3, 0.4) is 0 Å². The van der Waals surface area contributed by atoms with Gasteiger partial charge < -0.3 is 10.4 Å². The fourth-order valence-corrected chi connectivity index (χ4v) is 1.29. The van der Waals surface area contributed by atoms with Crippen LogP contribution in [0.25, 0.3) is 0 Å². The Kier molecular flexibility index (Phi) is 3.66. The molecular formula is C11H16N2O2. The van der Waals surface area contributed by atoms with Gasteiger partial charge in [0, 0.05) is 23.6 Å². The van der Waals surface area contributed by atoms with Crippen LogP contribution in [-0.4, -0.2) is 22.6 Å². The molecule has 1 aromatic heterocycles. The number of aromatic nitrogens is 1. The Morgan fingerprint density at radius 1 is 1.47 bits per heavy atom. The summed E-state index contributed by atoms with van der Waals surface area (Å²) in [7, 11) is 0. The van der Waals surface area contributed by atoms with Crippen molar-refractivity contribution < 1.29 is 9.90 Å². The molecule has 0 aliphatic carbocycles. The minimum Gasteiger partial charge on any atom is -0.481 e. The van der Waals surface area contributed by atoms with Crippen molar-refractivity contribution in [3.63, 3.8) is 0 Å². The second kappa shape index (κ2) is 4.77. The first-order valence-corrected chi connectivity index (χ1v) is 4.91. The summed E-state index contributed by atoms with van der Waals surface area (Å²) in [5, 5.41) is 11.8. The minimum atomic E-state index is -0.787. The SMILES string of the molecule is Cc1cc(NCC(C)C(=O)O)cc(C)n1. The maximum atomic E-state index is 10.6. The number of pyridine rings is 1. The lowest BCUT2D eigenvalue weighted by Crippen LogP contribution is -2.19. The highest BCUT2D eigenvalue weighted by Crippen LogP contribution is 2.11. The molecule has 1 atom stereocenters. The molecular weight excluding hydrogens is 192 g/mol. The lowest BCUT2D eigenvalue weighted by Gasteiger charge is -2.10. The summed E-state index contributed by atoms with van der Waals surface area (Å²) in [5.41, 5.74) is 2.79. The molecule has 0 aliphatic rings. The first-order chi connectivity index (χ1) is 6.99. The number of nitrogens with one attached hydrogen (secondary N) is 1. The summed E-state index contributed by atoms with van der Waals surface area (Å²) < 4.78 is 0. The van der Waals surface area contributed by atoms with Crippen LogP contribution in [0.2, 0.25) is 0 Å². The summed E-state index contributed by atoms with van der Waals surface area (Å²) in [6.45, 7) is 5.94. The van der Waals surface area contributed by atoms with E-state index in [0.717, 1.165) is 17.1 Å². The zero-order chi connectivity index (χ0) is 11.4. The fourth-order valence-electron chi connectivity index (χ4n) is 1.29. The summed E-state index contributed by atoms with van der Waals surface area (Å²) in [6, 6.07) is 3.81. The van der Waals surface area contributed by atoms with Crippen LogP contribution in [0.4, 0.5) is 5.69 Å². The van der Waals surface area contributed by atoms with Crippen LogP contribution >= 0.6 is 0 Å². The molecule has 1 aromatic rings. The number of rotatable bonds is 4. The van der Waals surface area contributed by atoms with Crippen LogP contribution in [0.15, 0.2) is 12.1 Å². The number of carboxylic acid groups (broad SMARTS) is 1. The van der Waals surface area contributed by atoms with Gasteiger partial charge in [0.1, 0.15) is 0 Å². The summed E-state index contributed by atoms with van der Waals surface area (Å²) in [5.74, 6) is -1.18. The van der Waals surface area contributed by atoms with E-state index in [9.17, 15) is 4.79 Å². The second-order valence-electron chi connectivity index (χ2n) is 3.76. The van der Waals surface area contributed by atoms with Gasteiger partial charge in [0.15, 0.2) is 0 Å². The average Bonchev–Trinajstić information content (AvgIpc) is 2.12.